The number of benzene rings is 1. The van der Waals surface area contributed by atoms with Crippen molar-refractivity contribution in [1.29, 1.82) is 0 Å². The van der Waals surface area contributed by atoms with Gasteiger partial charge in [-0.3, -0.25) is 9.52 Å². The number of carbonyl (C=O) groups excluding carboxylic acids is 1. The van der Waals surface area contributed by atoms with Gasteiger partial charge < -0.3 is 19.9 Å². The Morgan fingerprint density at radius 3 is 2.81 bits per heavy atom. The van der Waals surface area contributed by atoms with Gasteiger partial charge in [0.05, 0.1) is 25.4 Å². The van der Waals surface area contributed by atoms with Crippen LogP contribution in [0, 0.1) is 0 Å². The zero-order valence-corrected chi connectivity index (χ0v) is 16.3. The van der Waals surface area contributed by atoms with Crippen LogP contribution in [0.5, 0.6) is 5.75 Å². The minimum absolute atomic E-state index is 0.0730. The van der Waals surface area contributed by atoms with E-state index in [2.05, 4.69) is 10.0 Å². The Balaban J connectivity index is 1.79. The quantitative estimate of drug-likeness (QED) is 0.631. The molecule has 2 heterocycles. The van der Waals surface area contributed by atoms with Crippen molar-refractivity contribution in [3.05, 3.63) is 23.8 Å². The van der Waals surface area contributed by atoms with Crippen LogP contribution in [-0.4, -0.2) is 57.2 Å². The second-order valence-electron chi connectivity index (χ2n) is 7.08. The van der Waals surface area contributed by atoms with E-state index in [1.807, 2.05) is 6.92 Å². The third-order valence-electron chi connectivity index (χ3n) is 4.79. The highest BCUT2D eigenvalue weighted by Crippen LogP contribution is 2.47. The summed E-state index contributed by atoms with van der Waals surface area (Å²) in [5.74, 6) is 0.502. The summed E-state index contributed by atoms with van der Waals surface area (Å²) in [6.45, 7) is 2.39. The lowest BCUT2D eigenvalue weighted by Gasteiger charge is -2.37. The summed E-state index contributed by atoms with van der Waals surface area (Å²) in [6, 6.07) is 5.12. The van der Waals surface area contributed by atoms with E-state index in [4.69, 9.17) is 9.47 Å². The van der Waals surface area contributed by atoms with Gasteiger partial charge in [0.25, 0.3) is 0 Å². The van der Waals surface area contributed by atoms with E-state index in [9.17, 15) is 18.3 Å². The molecule has 4 atom stereocenters. The molecule has 1 aromatic rings. The highest BCUT2D eigenvalue weighted by atomic mass is 32.2. The molecule has 0 bridgehead atoms. The van der Waals surface area contributed by atoms with Crippen molar-refractivity contribution >= 4 is 21.6 Å². The van der Waals surface area contributed by atoms with Gasteiger partial charge in [0.15, 0.2) is 0 Å². The SMILES string of the molecule is CCCNC(=O)C[C@H]1C[C@H]2c3cc(NS(C)(=O)=O)ccc3O[C@H]2[C@H](CO)O1. The molecule has 2 aliphatic heterocycles. The Bertz CT molecular complexity index is 797. The number of carbonyl (C=O) groups is 1. The zero-order chi connectivity index (χ0) is 19.6. The average Bonchev–Trinajstić information content (AvgIpc) is 2.96. The summed E-state index contributed by atoms with van der Waals surface area (Å²) in [5.41, 5.74) is 1.33. The molecule has 27 heavy (non-hydrogen) atoms. The summed E-state index contributed by atoms with van der Waals surface area (Å²) in [5, 5.41) is 12.6. The number of anilines is 1. The first-order chi connectivity index (χ1) is 12.8. The van der Waals surface area contributed by atoms with Crippen molar-refractivity contribution in [3.63, 3.8) is 0 Å². The van der Waals surface area contributed by atoms with E-state index in [-0.39, 0.29) is 37.1 Å². The fourth-order valence-corrected chi connectivity index (χ4v) is 4.27. The van der Waals surface area contributed by atoms with Crippen LogP contribution in [0.2, 0.25) is 0 Å². The van der Waals surface area contributed by atoms with E-state index in [0.717, 1.165) is 18.2 Å². The smallest absolute Gasteiger partial charge is 0.229 e. The van der Waals surface area contributed by atoms with E-state index >= 15 is 0 Å². The minimum Gasteiger partial charge on any atom is -0.487 e. The summed E-state index contributed by atoms with van der Waals surface area (Å²) in [4.78, 5) is 12.1. The number of hydrogen-bond acceptors (Lipinski definition) is 6. The Labute approximate surface area is 159 Å². The highest BCUT2D eigenvalue weighted by molar-refractivity contribution is 7.92. The number of nitrogens with one attached hydrogen (secondary N) is 2. The van der Waals surface area contributed by atoms with Crippen molar-refractivity contribution in [3.8, 4) is 5.75 Å². The van der Waals surface area contributed by atoms with E-state index < -0.39 is 16.1 Å². The number of sulfonamides is 1. The third kappa shape index (κ3) is 4.72. The predicted molar refractivity (Wildman–Crippen MR) is 100 cm³/mol. The van der Waals surface area contributed by atoms with Crippen molar-refractivity contribution in [2.24, 2.45) is 0 Å². The monoisotopic (exact) mass is 398 g/mol. The first-order valence-corrected chi connectivity index (χ1v) is 11.0. The summed E-state index contributed by atoms with van der Waals surface area (Å²) in [7, 11) is -3.38. The van der Waals surface area contributed by atoms with Crippen molar-refractivity contribution in [1.82, 2.24) is 5.32 Å². The van der Waals surface area contributed by atoms with Gasteiger partial charge in [-0.25, -0.2) is 8.42 Å². The number of hydrogen-bond donors (Lipinski definition) is 3. The molecular weight excluding hydrogens is 372 g/mol. The molecular formula is C18H26N2O6S. The summed E-state index contributed by atoms with van der Waals surface area (Å²) < 4.78 is 37.3. The molecule has 1 fully saturated rings. The number of aliphatic hydroxyl groups is 1. The van der Waals surface area contributed by atoms with Gasteiger partial charge in [0.2, 0.25) is 15.9 Å². The Morgan fingerprint density at radius 1 is 1.37 bits per heavy atom. The predicted octanol–water partition coefficient (Wildman–Crippen LogP) is 0.969. The minimum atomic E-state index is -3.38. The lowest BCUT2D eigenvalue weighted by atomic mass is 9.84. The largest absolute Gasteiger partial charge is 0.487 e. The first kappa shape index (κ1) is 19.9. The van der Waals surface area contributed by atoms with Crippen molar-refractivity contribution in [2.45, 2.75) is 50.4 Å². The van der Waals surface area contributed by atoms with Gasteiger partial charge in [-0.1, -0.05) is 6.92 Å². The fraction of sp³-hybridized carbons (Fsp3) is 0.611. The van der Waals surface area contributed by atoms with Crippen molar-refractivity contribution < 1.29 is 27.8 Å². The molecule has 2 aliphatic rings. The lowest BCUT2D eigenvalue weighted by Crippen LogP contribution is -2.47. The summed E-state index contributed by atoms with van der Waals surface area (Å²) >= 11 is 0. The maximum atomic E-state index is 12.1. The number of aliphatic hydroxyl groups excluding tert-OH is 1. The van der Waals surface area contributed by atoms with Crippen LogP contribution in [0.3, 0.4) is 0 Å². The van der Waals surface area contributed by atoms with Gasteiger partial charge in [0.1, 0.15) is 18.0 Å². The topological polar surface area (TPSA) is 114 Å². The molecule has 1 aromatic carbocycles. The van der Waals surface area contributed by atoms with E-state index in [1.54, 1.807) is 18.2 Å². The second kappa shape index (κ2) is 8.04. The molecule has 0 radical (unpaired) electrons. The molecule has 0 aromatic heterocycles. The standard InChI is InChI=1S/C18H26N2O6S/c1-3-6-19-17(22)9-12-8-14-13-7-11(20-27(2,23)24)4-5-15(13)26-18(14)16(10-21)25-12/h4-5,7,12,14,16,18,20-21H,3,6,8-10H2,1-2H3,(H,19,22)/t12-,14+,16+,18-/m1/s1. The van der Waals surface area contributed by atoms with Gasteiger partial charge in [-0.2, -0.15) is 0 Å². The Morgan fingerprint density at radius 2 is 2.15 bits per heavy atom. The van der Waals surface area contributed by atoms with E-state index in [0.29, 0.717) is 24.4 Å². The average molecular weight is 398 g/mol. The zero-order valence-electron chi connectivity index (χ0n) is 15.5. The molecule has 0 unspecified atom stereocenters. The van der Waals surface area contributed by atoms with Crippen molar-refractivity contribution in [2.75, 3.05) is 24.1 Å². The molecule has 1 amide bonds. The molecule has 0 saturated carbocycles. The highest BCUT2D eigenvalue weighted by Gasteiger charge is 2.46. The van der Waals surface area contributed by atoms with Crippen LogP contribution in [0.4, 0.5) is 5.69 Å². The Kier molecular flexibility index (Phi) is 5.92. The molecule has 1 saturated heterocycles. The molecule has 150 valence electrons. The third-order valence-corrected chi connectivity index (χ3v) is 5.39. The van der Waals surface area contributed by atoms with Crippen LogP contribution in [0.15, 0.2) is 18.2 Å². The molecule has 9 heteroatoms. The van der Waals surface area contributed by atoms with E-state index in [1.165, 1.54) is 0 Å². The fourth-order valence-electron chi connectivity index (χ4n) is 3.71. The molecule has 3 rings (SSSR count). The van der Waals surface area contributed by atoms with Crippen LogP contribution in [0.1, 0.15) is 37.7 Å². The van der Waals surface area contributed by atoms with Crippen LogP contribution >= 0.6 is 0 Å². The second-order valence-corrected chi connectivity index (χ2v) is 8.83. The van der Waals surface area contributed by atoms with Crippen LogP contribution in [-0.2, 0) is 19.6 Å². The molecule has 3 N–H and O–H groups in total. The van der Waals surface area contributed by atoms with Gasteiger partial charge in [0, 0.05) is 23.7 Å². The number of amides is 1. The molecule has 0 aliphatic carbocycles. The maximum absolute atomic E-state index is 12.1. The summed E-state index contributed by atoms with van der Waals surface area (Å²) in [6.07, 6.45) is 1.52. The van der Waals surface area contributed by atoms with Gasteiger partial charge >= 0.3 is 0 Å². The number of fused-ring (bicyclic) bond motifs is 3. The maximum Gasteiger partial charge on any atom is 0.229 e. The lowest BCUT2D eigenvalue weighted by molar-refractivity contribution is -0.142. The Hall–Kier alpha value is -1.84. The number of ether oxygens (including phenoxy) is 2. The molecule has 8 nitrogen and oxygen atoms in total. The molecule has 0 spiro atoms. The number of rotatable bonds is 7. The van der Waals surface area contributed by atoms with Crippen LogP contribution < -0.4 is 14.8 Å². The van der Waals surface area contributed by atoms with Crippen LogP contribution in [0.25, 0.3) is 0 Å². The first-order valence-electron chi connectivity index (χ1n) is 9.12. The normalized spacial score (nSPS) is 26.6. The van der Waals surface area contributed by atoms with Gasteiger partial charge in [-0.15, -0.1) is 0 Å². The van der Waals surface area contributed by atoms with Gasteiger partial charge in [-0.05, 0) is 31.0 Å².